The number of nitrogens with one attached hydrogen (secondary N) is 1. The summed E-state index contributed by atoms with van der Waals surface area (Å²) in [6.07, 6.45) is 3.25. The molecule has 0 fully saturated rings. The van der Waals surface area contributed by atoms with Gasteiger partial charge in [-0.25, -0.2) is 4.84 Å². The van der Waals surface area contributed by atoms with Crippen molar-refractivity contribution in [2.24, 2.45) is 5.92 Å². The maximum absolute atomic E-state index is 11.2. The Bertz CT molecular complexity index is 401. The van der Waals surface area contributed by atoms with Crippen LogP contribution < -0.4 is 5.43 Å². The predicted molar refractivity (Wildman–Crippen MR) is 78.3 cm³/mol. The zero-order valence-corrected chi connectivity index (χ0v) is 13.0. The van der Waals surface area contributed by atoms with E-state index >= 15 is 0 Å². The van der Waals surface area contributed by atoms with Crippen LogP contribution in [0.4, 0.5) is 0 Å². The lowest BCUT2D eigenvalue weighted by Crippen LogP contribution is -2.44. The summed E-state index contributed by atoms with van der Waals surface area (Å²) in [6.45, 7) is 9.94. The predicted octanol–water partition coefficient (Wildman–Crippen LogP) is 2.86. The number of hydroxylamine groups is 1. The van der Waals surface area contributed by atoms with Crippen LogP contribution in [0.5, 0.6) is 0 Å². The van der Waals surface area contributed by atoms with Gasteiger partial charge in [0.2, 0.25) is 6.41 Å². The maximum Gasteiger partial charge on any atom is 0.249 e. The van der Waals surface area contributed by atoms with Crippen LogP contribution in [0.3, 0.4) is 0 Å². The third-order valence-electron chi connectivity index (χ3n) is 2.50. The van der Waals surface area contributed by atoms with E-state index in [0.29, 0.717) is 12.3 Å². The summed E-state index contributed by atoms with van der Waals surface area (Å²) in [7, 11) is 0. The van der Waals surface area contributed by atoms with Crippen LogP contribution in [0.15, 0.2) is 24.4 Å². The molecule has 0 saturated carbocycles. The number of hydrogen-bond acceptors (Lipinski definition) is 4. The van der Waals surface area contributed by atoms with E-state index < -0.39 is 5.60 Å². The van der Waals surface area contributed by atoms with Crippen molar-refractivity contribution in [3.63, 3.8) is 0 Å². The van der Waals surface area contributed by atoms with Crippen molar-refractivity contribution in [2.75, 3.05) is 0 Å². The minimum atomic E-state index is -0.444. The van der Waals surface area contributed by atoms with Gasteiger partial charge in [-0.1, -0.05) is 19.9 Å². The highest BCUT2D eigenvalue weighted by molar-refractivity contribution is 5.44. The Balaban J connectivity index is 2.81. The van der Waals surface area contributed by atoms with Crippen molar-refractivity contribution in [3.8, 4) is 0 Å². The first-order valence-electron chi connectivity index (χ1n) is 6.92. The first-order chi connectivity index (χ1) is 9.31. The molecule has 5 nitrogen and oxygen atoms in total. The zero-order valence-electron chi connectivity index (χ0n) is 13.0. The second-order valence-electron chi connectivity index (χ2n) is 6.20. The summed E-state index contributed by atoms with van der Waals surface area (Å²) >= 11 is 0. The lowest BCUT2D eigenvalue weighted by atomic mass is 10.0. The maximum atomic E-state index is 11.2. The molecule has 1 atom stereocenters. The number of amides is 1. The molecule has 1 rings (SSSR count). The fraction of sp³-hybridized carbons (Fsp3) is 0.600. The number of pyridine rings is 1. The monoisotopic (exact) mass is 279 g/mol. The SMILES string of the molecule is CC(C)CC(NN(C=O)OC(C)(C)C)c1ccccn1. The molecule has 0 aliphatic carbocycles. The number of nitrogens with zero attached hydrogens (tertiary/aromatic N) is 2. The minimum absolute atomic E-state index is 0.0660. The van der Waals surface area contributed by atoms with E-state index in [1.165, 1.54) is 0 Å². The molecule has 20 heavy (non-hydrogen) atoms. The highest BCUT2D eigenvalue weighted by atomic mass is 16.7. The van der Waals surface area contributed by atoms with Gasteiger partial charge in [0.1, 0.15) is 0 Å². The molecule has 1 aromatic rings. The number of hydrogen-bond donors (Lipinski definition) is 1. The third-order valence-corrected chi connectivity index (χ3v) is 2.50. The van der Waals surface area contributed by atoms with Crippen LogP contribution in [0.25, 0.3) is 0 Å². The quantitative estimate of drug-likeness (QED) is 0.616. The molecule has 1 N–H and O–H groups in total. The molecule has 0 radical (unpaired) electrons. The summed E-state index contributed by atoms with van der Waals surface area (Å²) in [5.74, 6) is 0.470. The molecule has 0 spiro atoms. The summed E-state index contributed by atoms with van der Waals surface area (Å²) < 4.78 is 0. The van der Waals surface area contributed by atoms with Gasteiger partial charge in [-0.15, -0.1) is 0 Å². The Morgan fingerprint density at radius 1 is 1.40 bits per heavy atom. The Morgan fingerprint density at radius 3 is 2.55 bits per heavy atom. The van der Waals surface area contributed by atoms with E-state index in [-0.39, 0.29) is 6.04 Å². The van der Waals surface area contributed by atoms with Gasteiger partial charge in [0.05, 0.1) is 17.3 Å². The molecular formula is C15H25N3O2. The van der Waals surface area contributed by atoms with E-state index in [1.807, 2.05) is 39.0 Å². The fourth-order valence-corrected chi connectivity index (χ4v) is 1.82. The molecule has 0 aliphatic heterocycles. The van der Waals surface area contributed by atoms with E-state index in [1.54, 1.807) is 6.20 Å². The topological polar surface area (TPSA) is 54.5 Å². The molecule has 0 aromatic carbocycles. The van der Waals surface area contributed by atoms with Crippen LogP contribution >= 0.6 is 0 Å². The summed E-state index contributed by atoms with van der Waals surface area (Å²) in [5.41, 5.74) is 3.54. The van der Waals surface area contributed by atoms with E-state index in [4.69, 9.17) is 4.84 Å². The highest BCUT2D eigenvalue weighted by Crippen LogP contribution is 2.20. The largest absolute Gasteiger partial charge is 0.275 e. The molecular weight excluding hydrogens is 254 g/mol. The minimum Gasteiger partial charge on any atom is -0.275 e. The van der Waals surface area contributed by atoms with Crippen molar-refractivity contribution in [3.05, 3.63) is 30.1 Å². The first kappa shape index (κ1) is 16.6. The molecule has 0 saturated heterocycles. The number of hydrazine groups is 1. The van der Waals surface area contributed by atoms with Gasteiger partial charge in [0, 0.05) is 6.20 Å². The first-order valence-corrected chi connectivity index (χ1v) is 6.92. The summed E-state index contributed by atoms with van der Waals surface area (Å²) in [6, 6.07) is 5.69. The van der Waals surface area contributed by atoms with Crippen molar-refractivity contribution >= 4 is 6.41 Å². The van der Waals surface area contributed by atoms with Gasteiger partial charge in [-0.2, -0.15) is 10.6 Å². The number of carbonyl (C=O) groups excluding carboxylic acids is 1. The molecule has 1 aromatic heterocycles. The standard InChI is InChI=1S/C15H25N3O2/c1-12(2)10-14(13-8-6-7-9-16-13)17-18(11-19)20-15(3,4)5/h6-9,11-12,14,17H,10H2,1-5H3. The van der Waals surface area contributed by atoms with Crippen molar-refractivity contribution < 1.29 is 9.63 Å². The molecule has 112 valence electrons. The summed E-state index contributed by atoms with van der Waals surface area (Å²) in [5, 5.41) is 1.14. The van der Waals surface area contributed by atoms with Crippen molar-refractivity contribution in [1.29, 1.82) is 0 Å². The smallest absolute Gasteiger partial charge is 0.249 e. The van der Waals surface area contributed by atoms with Crippen LogP contribution in [0.2, 0.25) is 0 Å². The lowest BCUT2D eigenvalue weighted by molar-refractivity contribution is -0.243. The summed E-state index contributed by atoms with van der Waals surface area (Å²) in [4.78, 5) is 21.1. The van der Waals surface area contributed by atoms with Crippen LogP contribution in [-0.4, -0.2) is 22.2 Å². The van der Waals surface area contributed by atoms with Gasteiger partial charge in [-0.3, -0.25) is 9.78 Å². The Labute approximate surface area is 121 Å². The second-order valence-corrected chi connectivity index (χ2v) is 6.20. The van der Waals surface area contributed by atoms with E-state index in [2.05, 4.69) is 24.3 Å². The van der Waals surface area contributed by atoms with Gasteiger partial charge in [-0.05, 0) is 45.2 Å². The van der Waals surface area contributed by atoms with Gasteiger partial charge < -0.3 is 0 Å². The fourth-order valence-electron chi connectivity index (χ4n) is 1.82. The van der Waals surface area contributed by atoms with Crippen LogP contribution in [0.1, 0.15) is 52.8 Å². The van der Waals surface area contributed by atoms with Gasteiger partial charge >= 0.3 is 0 Å². The number of aromatic nitrogens is 1. The molecule has 1 unspecified atom stereocenters. The molecule has 1 heterocycles. The van der Waals surface area contributed by atoms with E-state index in [0.717, 1.165) is 17.3 Å². The van der Waals surface area contributed by atoms with Crippen molar-refractivity contribution in [2.45, 2.75) is 52.7 Å². The van der Waals surface area contributed by atoms with E-state index in [9.17, 15) is 4.79 Å². The normalized spacial score (nSPS) is 13.3. The average Bonchev–Trinajstić information content (AvgIpc) is 2.36. The Kier molecular flexibility index (Phi) is 6.10. The highest BCUT2D eigenvalue weighted by Gasteiger charge is 2.21. The third kappa shape index (κ3) is 6.12. The number of carbonyl (C=O) groups is 1. The van der Waals surface area contributed by atoms with Crippen LogP contribution in [-0.2, 0) is 9.63 Å². The van der Waals surface area contributed by atoms with Crippen molar-refractivity contribution in [1.82, 2.24) is 15.6 Å². The second kappa shape index (κ2) is 7.36. The Hall–Kier alpha value is -1.46. The van der Waals surface area contributed by atoms with Gasteiger partial charge in [0.15, 0.2) is 0 Å². The zero-order chi connectivity index (χ0) is 15.2. The molecule has 0 bridgehead atoms. The number of rotatable bonds is 7. The molecule has 5 heteroatoms. The molecule has 1 amide bonds. The average molecular weight is 279 g/mol. The molecule has 0 aliphatic rings. The lowest BCUT2D eigenvalue weighted by Gasteiger charge is -2.30. The Morgan fingerprint density at radius 2 is 2.10 bits per heavy atom. The van der Waals surface area contributed by atoms with Gasteiger partial charge in [0.25, 0.3) is 0 Å². The van der Waals surface area contributed by atoms with Crippen LogP contribution in [0, 0.1) is 5.92 Å².